The van der Waals surface area contributed by atoms with Gasteiger partial charge in [0.05, 0.1) is 17.7 Å². The van der Waals surface area contributed by atoms with Gasteiger partial charge in [0.2, 0.25) is 10.0 Å². The van der Waals surface area contributed by atoms with Crippen LogP contribution in [-0.2, 0) is 16.2 Å². The summed E-state index contributed by atoms with van der Waals surface area (Å²) in [4.78, 5) is -0.861. The van der Waals surface area contributed by atoms with Gasteiger partial charge in [-0.2, -0.15) is 13.2 Å². The highest BCUT2D eigenvalue weighted by atomic mass is 35.5. The summed E-state index contributed by atoms with van der Waals surface area (Å²) in [6.45, 7) is 0. The van der Waals surface area contributed by atoms with Crippen molar-refractivity contribution in [2.75, 3.05) is 7.11 Å². The van der Waals surface area contributed by atoms with Crippen molar-refractivity contribution >= 4 is 21.6 Å². The van der Waals surface area contributed by atoms with Gasteiger partial charge in [0, 0.05) is 5.56 Å². The molecule has 0 aliphatic rings. The van der Waals surface area contributed by atoms with Crippen LogP contribution in [-0.4, -0.2) is 20.7 Å². The molecule has 12 heteroatoms. The third-order valence-corrected chi connectivity index (χ3v) is 5.14. The fraction of sp³-hybridized carbons (Fsp3) is 0.118. The number of alkyl halides is 3. The summed E-state index contributed by atoms with van der Waals surface area (Å²) < 4.78 is 87.2. The van der Waals surface area contributed by atoms with Gasteiger partial charge in [-0.05, 0) is 35.9 Å². The summed E-state index contributed by atoms with van der Waals surface area (Å²) in [7, 11) is -3.04. The topological polar surface area (TPSA) is 95.4 Å². The molecule has 0 aliphatic carbocycles. The average molecular weight is 451 g/mol. The van der Waals surface area contributed by atoms with Gasteiger partial charge < -0.3 is 9.26 Å². The second kappa shape index (κ2) is 7.32. The Morgan fingerprint density at radius 1 is 1.14 bits per heavy atom. The minimum Gasteiger partial charge on any atom is -0.495 e. The molecule has 0 unspecified atom stereocenters. The van der Waals surface area contributed by atoms with Crippen LogP contribution in [0.1, 0.15) is 5.69 Å². The van der Waals surface area contributed by atoms with Crippen molar-refractivity contribution in [3.05, 3.63) is 52.9 Å². The summed E-state index contributed by atoms with van der Waals surface area (Å²) >= 11 is 6.02. The van der Waals surface area contributed by atoms with E-state index in [1.807, 2.05) is 0 Å². The van der Waals surface area contributed by atoms with Crippen LogP contribution in [0.2, 0.25) is 5.02 Å². The SMILES string of the molecule is COc1ccc(-c2onc(C(F)(F)F)c2-c2ccc(S(N)(=O)=O)c(F)c2)cc1Cl. The van der Waals surface area contributed by atoms with Crippen LogP contribution in [0.15, 0.2) is 45.8 Å². The van der Waals surface area contributed by atoms with Crippen molar-refractivity contribution < 1.29 is 35.2 Å². The van der Waals surface area contributed by atoms with E-state index in [0.29, 0.717) is 6.07 Å². The first-order valence-electron chi connectivity index (χ1n) is 7.67. The predicted molar refractivity (Wildman–Crippen MR) is 95.3 cm³/mol. The van der Waals surface area contributed by atoms with E-state index in [0.717, 1.165) is 12.1 Å². The number of sulfonamides is 1. The molecule has 2 aromatic carbocycles. The molecule has 3 rings (SSSR count). The summed E-state index contributed by atoms with van der Waals surface area (Å²) in [6.07, 6.45) is -4.93. The number of hydrogen-bond acceptors (Lipinski definition) is 5. The maximum absolute atomic E-state index is 14.2. The largest absolute Gasteiger partial charge is 0.495 e. The van der Waals surface area contributed by atoms with Gasteiger partial charge >= 0.3 is 6.18 Å². The standard InChI is InChI=1S/C17H11ClF4N2O4S/c1-27-12-4-2-9(6-10(12)18)15-14(16(24-28-15)17(20,21)22)8-3-5-13(11(19)7-8)29(23,25)26/h2-7H,1H3,(H2,23,25,26). The highest BCUT2D eigenvalue weighted by Gasteiger charge is 2.40. The highest BCUT2D eigenvalue weighted by Crippen LogP contribution is 2.43. The van der Waals surface area contributed by atoms with E-state index < -0.39 is 38.2 Å². The zero-order chi connectivity index (χ0) is 21.6. The zero-order valence-electron chi connectivity index (χ0n) is 14.4. The number of ether oxygens (including phenoxy) is 1. The fourth-order valence-electron chi connectivity index (χ4n) is 2.64. The van der Waals surface area contributed by atoms with Crippen LogP contribution in [0.25, 0.3) is 22.5 Å². The molecule has 154 valence electrons. The van der Waals surface area contributed by atoms with Crippen LogP contribution in [0.4, 0.5) is 17.6 Å². The summed E-state index contributed by atoms with van der Waals surface area (Å²) in [6, 6.07) is 6.42. The molecule has 0 atom stereocenters. The second-order valence-corrected chi connectivity index (χ2v) is 7.71. The smallest absolute Gasteiger partial charge is 0.437 e. The van der Waals surface area contributed by atoms with Crippen LogP contribution in [0.5, 0.6) is 5.75 Å². The number of rotatable bonds is 4. The molecule has 0 fully saturated rings. The average Bonchev–Trinajstić information content (AvgIpc) is 3.05. The molecule has 2 N–H and O–H groups in total. The number of methoxy groups -OCH3 is 1. The Morgan fingerprint density at radius 2 is 1.79 bits per heavy atom. The van der Waals surface area contributed by atoms with Gasteiger partial charge in [0.25, 0.3) is 0 Å². The number of benzene rings is 2. The molecule has 6 nitrogen and oxygen atoms in total. The van der Waals surface area contributed by atoms with E-state index >= 15 is 0 Å². The lowest BCUT2D eigenvalue weighted by molar-refractivity contribution is -0.142. The zero-order valence-corrected chi connectivity index (χ0v) is 16.0. The third-order valence-electron chi connectivity index (χ3n) is 3.90. The first kappa shape index (κ1) is 21.1. The van der Waals surface area contributed by atoms with Crippen molar-refractivity contribution in [2.45, 2.75) is 11.1 Å². The normalized spacial score (nSPS) is 12.2. The monoisotopic (exact) mass is 450 g/mol. The molecular formula is C17H11ClF4N2O4S. The van der Waals surface area contributed by atoms with Gasteiger partial charge in [-0.15, -0.1) is 0 Å². The number of primary sulfonamides is 1. The van der Waals surface area contributed by atoms with E-state index in [1.165, 1.54) is 25.3 Å². The van der Waals surface area contributed by atoms with Crippen molar-refractivity contribution in [1.82, 2.24) is 5.16 Å². The molecule has 0 amide bonds. The number of halogens is 5. The molecule has 29 heavy (non-hydrogen) atoms. The van der Waals surface area contributed by atoms with Gasteiger partial charge in [0.15, 0.2) is 11.5 Å². The maximum atomic E-state index is 14.2. The Labute approximate surface area is 166 Å². The number of hydrogen-bond donors (Lipinski definition) is 1. The molecule has 1 heterocycles. The van der Waals surface area contributed by atoms with Crippen molar-refractivity contribution in [3.63, 3.8) is 0 Å². The molecule has 0 saturated carbocycles. The lowest BCUT2D eigenvalue weighted by Gasteiger charge is -2.10. The Balaban J connectivity index is 2.26. The van der Waals surface area contributed by atoms with E-state index in [9.17, 15) is 26.0 Å². The molecule has 0 saturated heterocycles. The number of nitrogens with two attached hydrogens (primary N) is 1. The summed E-state index contributed by atoms with van der Waals surface area (Å²) in [5, 5.41) is 8.05. The molecule has 1 aromatic heterocycles. The minimum absolute atomic E-state index is 0.0941. The van der Waals surface area contributed by atoms with Crippen LogP contribution >= 0.6 is 11.6 Å². The third kappa shape index (κ3) is 4.07. The Bertz CT molecular complexity index is 1190. The number of aromatic nitrogens is 1. The quantitative estimate of drug-likeness (QED) is 0.591. The molecule has 0 radical (unpaired) electrons. The Kier molecular flexibility index (Phi) is 5.32. The lowest BCUT2D eigenvalue weighted by Crippen LogP contribution is -2.14. The Morgan fingerprint density at radius 3 is 2.31 bits per heavy atom. The van der Waals surface area contributed by atoms with Crippen molar-refractivity contribution in [1.29, 1.82) is 0 Å². The minimum atomic E-state index is -4.93. The lowest BCUT2D eigenvalue weighted by atomic mass is 9.99. The molecular weight excluding hydrogens is 440 g/mol. The van der Waals surface area contributed by atoms with Crippen molar-refractivity contribution in [2.24, 2.45) is 5.14 Å². The summed E-state index contributed by atoms with van der Waals surface area (Å²) in [5.41, 5.74) is -2.20. The molecule has 0 bridgehead atoms. The second-order valence-electron chi connectivity index (χ2n) is 5.77. The maximum Gasteiger partial charge on any atom is 0.437 e. The molecule has 0 aliphatic heterocycles. The van der Waals surface area contributed by atoms with E-state index in [4.69, 9.17) is 26.0 Å². The van der Waals surface area contributed by atoms with E-state index in [2.05, 4.69) is 5.16 Å². The fourth-order valence-corrected chi connectivity index (χ4v) is 3.49. The number of nitrogens with zero attached hydrogens (tertiary/aromatic N) is 1. The van der Waals surface area contributed by atoms with Gasteiger partial charge in [-0.1, -0.05) is 22.8 Å². The Hall–Kier alpha value is -2.63. The first-order valence-corrected chi connectivity index (χ1v) is 9.59. The van der Waals surface area contributed by atoms with E-state index in [1.54, 1.807) is 0 Å². The highest BCUT2D eigenvalue weighted by molar-refractivity contribution is 7.89. The predicted octanol–water partition coefficient (Wildman–Crippen LogP) is 4.48. The van der Waals surface area contributed by atoms with E-state index in [-0.39, 0.29) is 27.7 Å². The summed E-state index contributed by atoms with van der Waals surface area (Å²) in [5.74, 6) is -1.39. The van der Waals surface area contributed by atoms with Crippen LogP contribution in [0.3, 0.4) is 0 Å². The first-order chi connectivity index (χ1) is 13.4. The molecule has 0 spiro atoms. The van der Waals surface area contributed by atoms with Crippen molar-refractivity contribution in [3.8, 4) is 28.2 Å². The van der Waals surface area contributed by atoms with Gasteiger partial charge in [-0.25, -0.2) is 17.9 Å². The molecule has 3 aromatic rings. The van der Waals surface area contributed by atoms with Crippen LogP contribution in [0, 0.1) is 5.82 Å². The van der Waals surface area contributed by atoms with Gasteiger partial charge in [-0.3, -0.25) is 0 Å². The van der Waals surface area contributed by atoms with Crippen LogP contribution < -0.4 is 9.88 Å². The van der Waals surface area contributed by atoms with Gasteiger partial charge in [0.1, 0.15) is 16.5 Å².